The van der Waals surface area contributed by atoms with E-state index in [4.69, 9.17) is 5.11 Å². The molecule has 3 N–H and O–H groups in total. The van der Waals surface area contributed by atoms with E-state index in [1.165, 1.54) is 5.56 Å². The summed E-state index contributed by atoms with van der Waals surface area (Å²) in [6, 6.07) is 8.20. The van der Waals surface area contributed by atoms with E-state index in [-0.39, 0.29) is 30.5 Å². The summed E-state index contributed by atoms with van der Waals surface area (Å²) in [6.45, 7) is 2.05. The van der Waals surface area contributed by atoms with Crippen LogP contribution in [0, 0.1) is 18.8 Å². The molecule has 0 saturated heterocycles. The summed E-state index contributed by atoms with van der Waals surface area (Å²) in [7, 11) is 0. The number of aliphatic carboxylic acids is 1. The van der Waals surface area contributed by atoms with Crippen molar-refractivity contribution in [1.29, 1.82) is 0 Å². The van der Waals surface area contributed by atoms with Crippen LogP contribution in [0.4, 0.5) is 0 Å². The summed E-state index contributed by atoms with van der Waals surface area (Å²) in [5.74, 6) is -0.217. The van der Waals surface area contributed by atoms with Crippen LogP contribution >= 0.6 is 11.8 Å². The van der Waals surface area contributed by atoms with E-state index in [1.54, 1.807) is 11.8 Å². The monoisotopic (exact) mass is 422 g/mol. The molecule has 6 heteroatoms. The number of ketones is 1. The van der Waals surface area contributed by atoms with Gasteiger partial charge in [0, 0.05) is 29.4 Å². The predicted molar refractivity (Wildman–Crippen MR) is 115 cm³/mol. The molecule has 3 unspecified atom stereocenters. The Labute approximate surface area is 177 Å². The van der Waals surface area contributed by atoms with Crippen molar-refractivity contribution in [2.24, 2.45) is 11.8 Å². The molecule has 1 fully saturated rings. The first-order valence-corrected chi connectivity index (χ1v) is 11.7. The van der Waals surface area contributed by atoms with Crippen molar-refractivity contribution < 1.29 is 24.9 Å². The number of carbonyl (C=O) groups excluding carboxylic acids is 1. The molecule has 0 radical (unpaired) electrons. The molecule has 0 amide bonds. The molecule has 5 nitrogen and oxygen atoms in total. The highest BCUT2D eigenvalue weighted by Gasteiger charge is 2.40. The van der Waals surface area contributed by atoms with Gasteiger partial charge in [0.15, 0.2) is 0 Å². The summed E-state index contributed by atoms with van der Waals surface area (Å²) in [4.78, 5) is 24.0. The molecule has 29 heavy (non-hydrogen) atoms. The van der Waals surface area contributed by atoms with Gasteiger partial charge < -0.3 is 15.3 Å². The number of hydrogen-bond acceptors (Lipinski definition) is 5. The zero-order valence-corrected chi connectivity index (χ0v) is 18.1. The third kappa shape index (κ3) is 8.49. The van der Waals surface area contributed by atoms with Crippen LogP contribution in [0.2, 0.25) is 0 Å². The Bertz CT molecular complexity index is 662. The van der Waals surface area contributed by atoms with Gasteiger partial charge in [-0.25, -0.2) is 0 Å². The second-order valence-corrected chi connectivity index (χ2v) is 9.31. The van der Waals surface area contributed by atoms with Gasteiger partial charge in [0.25, 0.3) is 0 Å². The second kappa shape index (κ2) is 12.4. The van der Waals surface area contributed by atoms with Crippen molar-refractivity contribution in [3.8, 4) is 0 Å². The molecule has 0 bridgehead atoms. The number of aliphatic hydroxyl groups is 2. The Morgan fingerprint density at radius 1 is 1.21 bits per heavy atom. The number of benzene rings is 1. The lowest BCUT2D eigenvalue weighted by Gasteiger charge is -2.22. The van der Waals surface area contributed by atoms with Gasteiger partial charge in [0.1, 0.15) is 5.78 Å². The van der Waals surface area contributed by atoms with E-state index in [9.17, 15) is 19.8 Å². The van der Waals surface area contributed by atoms with Crippen molar-refractivity contribution in [2.75, 3.05) is 5.75 Å². The highest BCUT2D eigenvalue weighted by molar-refractivity contribution is 7.99. The van der Waals surface area contributed by atoms with Gasteiger partial charge in [-0.05, 0) is 50.7 Å². The number of rotatable bonds is 13. The number of Topliss-reactive ketones (excluding diaryl/α,β-unsaturated/α-hetero) is 1. The highest BCUT2D eigenvalue weighted by Crippen LogP contribution is 2.37. The van der Waals surface area contributed by atoms with Gasteiger partial charge in [-0.2, -0.15) is 0 Å². The number of thioether (sulfide) groups is 1. The van der Waals surface area contributed by atoms with Crippen molar-refractivity contribution in [2.45, 2.75) is 81.8 Å². The molecular formula is C23H34O5S. The first-order chi connectivity index (χ1) is 13.9. The topological polar surface area (TPSA) is 94.8 Å². The van der Waals surface area contributed by atoms with Gasteiger partial charge >= 0.3 is 5.97 Å². The summed E-state index contributed by atoms with van der Waals surface area (Å²) < 4.78 is 0. The fraction of sp³-hybridized carbons (Fsp3) is 0.652. The Morgan fingerprint density at radius 3 is 2.69 bits per heavy atom. The van der Waals surface area contributed by atoms with E-state index >= 15 is 0 Å². The van der Waals surface area contributed by atoms with Crippen molar-refractivity contribution in [3.63, 3.8) is 0 Å². The fourth-order valence-electron chi connectivity index (χ4n) is 4.14. The lowest BCUT2D eigenvalue weighted by atomic mass is 9.85. The lowest BCUT2D eigenvalue weighted by molar-refractivity contribution is -0.137. The average molecular weight is 423 g/mol. The molecule has 4 atom stereocenters. The van der Waals surface area contributed by atoms with Crippen LogP contribution in [0.3, 0.4) is 0 Å². The molecule has 1 aromatic carbocycles. The third-order valence-electron chi connectivity index (χ3n) is 5.76. The molecule has 2 rings (SSSR count). The van der Waals surface area contributed by atoms with Crippen LogP contribution in [0.25, 0.3) is 0 Å². The molecule has 0 aromatic heterocycles. The number of unbranched alkanes of at least 4 members (excludes halogenated alkanes) is 3. The summed E-state index contributed by atoms with van der Waals surface area (Å²) in [5, 5.41) is 29.3. The average Bonchev–Trinajstić information content (AvgIpc) is 2.93. The molecule has 0 spiro atoms. The standard InChI is InChI=1S/C23H34O5S/c1-16-7-6-8-18(13-16)29-15-17(24)11-12-20-19(21(25)14-22(20)26)9-4-2-3-5-10-23(27)28/h6-8,13,17,19-20,22,24,26H,2-5,9-12,14-15H2,1H3,(H,27,28)/t17?,19?,20-,22?/m1/s1. The number of carboxylic acids is 1. The van der Waals surface area contributed by atoms with Gasteiger partial charge in [-0.15, -0.1) is 11.8 Å². The van der Waals surface area contributed by atoms with Crippen LogP contribution in [0.15, 0.2) is 29.2 Å². The van der Waals surface area contributed by atoms with Crippen LogP contribution < -0.4 is 0 Å². The van der Waals surface area contributed by atoms with Crippen LogP contribution in [-0.4, -0.2) is 45.0 Å². The predicted octanol–water partition coefficient (Wildman–Crippen LogP) is 4.22. The Kier molecular flexibility index (Phi) is 10.2. The molecule has 1 saturated carbocycles. The minimum absolute atomic E-state index is 0.0693. The molecule has 1 aromatic rings. The number of aryl methyl sites for hydroxylation is 1. The van der Waals surface area contributed by atoms with Crippen LogP contribution in [0.1, 0.15) is 63.4 Å². The quantitative estimate of drug-likeness (QED) is 0.325. The number of hydrogen-bond donors (Lipinski definition) is 3. The zero-order valence-electron chi connectivity index (χ0n) is 17.3. The first kappa shape index (κ1) is 23.9. The number of aliphatic hydroxyl groups excluding tert-OH is 2. The van der Waals surface area contributed by atoms with E-state index in [2.05, 4.69) is 6.07 Å². The minimum Gasteiger partial charge on any atom is -0.481 e. The van der Waals surface area contributed by atoms with E-state index < -0.39 is 18.2 Å². The number of carbonyl (C=O) groups is 2. The van der Waals surface area contributed by atoms with Crippen LogP contribution in [0.5, 0.6) is 0 Å². The lowest BCUT2D eigenvalue weighted by Crippen LogP contribution is -2.23. The maximum absolute atomic E-state index is 12.3. The first-order valence-electron chi connectivity index (χ1n) is 10.7. The summed E-state index contributed by atoms with van der Waals surface area (Å²) >= 11 is 1.63. The minimum atomic E-state index is -0.765. The van der Waals surface area contributed by atoms with Crippen molar-refractivity contribution in [3.05, 3.63) is 29.8 Å². The maximum atomic E-state index is 12.3. The number of carboxylic acid groups (broad SMARTS) is 1. The van der Waals surface area contributed by atoms with Gasteiger partial charge in [-0.3, -0.25) is 9.59 Å². The van der Waals surface area contributed by atoms with Crippen molar-refractivity contribution >= 4 is 23.5 Å². The Morgan fingerprint density at radius 2 is 1.97 bits per heavy atom. The largest absolute Gasteiger partial charge is 0.481 e. The summed E-state index contributed by atoms with van der Waals surface area (Å²) in [5.41, 5.74) is 1.20. The molecule has 162 valence electrons. The SMILES string of the molecule is Cc1cccc(SCC(O)CC[C@H]2C(O)CC(=O)C2CCCCCCC(=O)O)c1. The molecule has 1 aliphatic carbocycles. The molecule has 0 heterocycles. The zero-order chi connectivity index (χ0) is 21.2. The van der Waals surface area contributed by atoms with Gasteiger partial charge in [0.05, 0.1) is 12.2 Å². The van der Waals surface area contributed by atoms with E-state index in [1.807, 2.05) is 25.1 Å². The van der Waals surface area contributed by atoms with Crippen molar-refractivity contribution in [1.82, 2.24) is 0 Å². The summed E-state index contributed by atoms with van der Waals surface area (Å²) in [6.07, 6.45) is 4.68. The Balaban J connectivity index is 1.71. The normalized spacial score (nSPS) is 22.7. The molecule has 1 aliphatic rings. The Hall–Kier alpha value is -1.37. The molecular weight excluding hydrogens is 388 g/mol. The smallest absolute Gasteiger partial charge is 0.303 e. The van der Waals surface area contributed by atoms with Gasteiger partial charge in [-0.1, -0.05) is 37.0 Å². The van der Waals surface area contributed by atoms with Gasteiger partial charge in [0.2, 0.25) is 0 Å². The maximum Gasteiger partial charge on any atom is 0.303 e. The van der Waals surface area contributed by atoms with E-state index in [0.717, 1.165) is 30.6 Å². The fourth-order valence-corrected chi connectivity index (χ4v) is 5.14. The van der Waals surface area contributed by atoms with Crippen LogP contribution in [-0.2, 0) is 9.59 Å². The highest BCUT2D eigenvalue weighted by atomic mass is 32.2. The van der Waals surface area contributed by atoms with E-state index in [0.29, 0.717) is 25.0 Å². The third-order valence-corrected chi connectivity index (χ3v) is 6.89. The molecule has 0 aliphatic heterocycles. The second-order valence-electron chi connectivity index (χ2n) is 8.21.